The molecule has 2 N–H and O–H groups in total. The van der Waals surface area contributed by atoms with E-state index in [1.54, 1.807) is 11.8 Å². The largest absolute Gasteiger partial charge is 0.463 e. The molecule has 0 bridgehead atoms. The van der Waals surface area contributed by atoms with Crippen molar-refractivity contribution in [3.8, 4) is 6.01 Å². The van der Waals surface area contributed by atoms with Crippen molar-refractivity contribution in [2.75, 3.05) is 23.4 Å². The predicted molar refractivity (Wildman–Crippen MR) is 83.7 cm³/mol. The molecule has 0 unspecified atom stereocenters. The van der Waals surface area contributed by atoms with Crippen molar-refractivity contribution in [2.24, 2.45) is 0 Å². The van der Waals surface area contributed by atoms with E-state index in [4.69, 9.17) is 4.74 Å². The number of H-pyrrole nitrogens is 1. The second-order valence-corrected chi connectivity index (χ2v) is 5.34. The van der Waals surface area contributed by atoms with Crippen molar-refractivity contribution in [2.45, 2.75) is 13.3 Å². The molecule has 112 valence electrons. The van der Waals surface area contributed by atoms with Gasteiger partial charge < -0.3 is 4.74 Å². The van der Waals surface area contributed by atoms with E-state index < -0.39 is 0 Å². The molecule has 0 spiro atoms. The molecule has 1 amide bonds. The topological polar surface area (TPSA) is 79.9 Å². The third-order valence-electron chi connectivity index (χ3n) is 2.61. The Morgan fingerprint density at radius 1 is 1.38 bits per heavy atom. The third-order valence-corrected chi connectivity index (χ3v) is 3.57. The van der Waals surface area contributed by atoms with Gasteiger partial charge in [0.25, 0.3) is 0 Å². The molecule has 1 heterocycles. The summed E-state index contributed by atoms with van der Waals surface area (Å²) in [4.78, 5) is 15.7. The van der Waals surface area contributed by atoms with Crippen molar-refractivity contribution in [3.63, 3.8) is 0 Å². The van der Waals surface area contributed by atoms with Gasteiger partial charge in [0.1, 0.15) is 0 Å². The van der Waals surface area contributed by atoms with Crippen LogP contribution in [0.25, 0.3) is 0 Å². The quantitative estimate of drug-likeness (QED) is 0.730. The van der Waals surface area contributed by atoms with E-state index >= 15 is 0 Å². The maximum atomic E-state index is 11.7. The number of rotatable bonds is 8. The van der Waals surface area contributed by atoms with Gasteiger partial charge in [-0.2, -0.15) is 16.7 Å². The summed E-state index contributed by atoms with van der Waals surface area (Å²) in [5.74, 6) is 1.49. The van der Waals surface area contributed by atoms with Crippen LogP contribution in [0.2, 0.25) is 0 Å². The summed E-state index contributed by atoms with van der Waals surface area (Å²) in [7, 11) is 0. The molecule has 2 aromatic rings. The lowest BCUT2D eigenvalue weighted by atomic mass is 10.2. The van der Waals surface area contributed by atoms with Gasteiger partial charge in [-0.25, -0.2) is 5.10 Å². The number of nitrogens with one attached hydrogen (secondary N) is 2. The monoisotopic (exact) mass is 306 g/mol. The highest BCUT2D eigenvalue weighted by Gasteiger charge is 2.07. The van der Waals surface area contributed by atoms with E-state index in [1.165, 1.54) is 5.56 Å². The Bertz CT molecular complexity index is 559. The summed E-state index contributed by atoms with van der Waals surface area (Å²) in [6.07, 6.45) is 0.954. The van der Waals surface area contributed by atoms with Crippen molar-refractivity contribution < 1.29 is 9.53 Å². The summed E-state index contributed by atoms with van der Waals surface area (Å²) in [6.45, 7) is 2.33. The van der Waals surface area contributed by atoms with Gasteiger partial charge in [0.05, 0.1) is 12.4 Å². The van der Waals surface area contributed by atoms with Crippen LogP contribution in [0, 0.1) is 0 Å². The lowest BCUT2D eigenvalue weighted by molar-refractivity contribution is -0.113. The molecular weight excluding hydrogens is 288 g/mol. The molecule has 2 rings (SSSR count). The van der Waals surface area contributed by atoms with Gasteiger partial charge in [-0.1, -0.05) is 30.3 Å². The standard InChI is InChI=1S/C14H18N4O2S/c1-2-20-14-16-13(17-18-14)15-12(19)10-21-9-8-11-6-4-3-5-7-11/h3-7H,2,8-10H2,1H3,(H2,15,16,17,18,19). The predicted octanol–water partition coefficient (Wildman–Crippen LogP) is 2.12. The summed E-state index contributed by atoms with van der Waals surface area (Å²) in [5.41, 5.74) is 1.28. The number of carbonyl (C=O) groups is 1. The summed E-state index contributed by atoms with van der Waals surface area (Å²) in [6, 6.07) is 10.5. The molecule has 0 fully saturated rings. The first kappa shape index (κ1) is 15.4. The first-order chi connectivity index (χ1) is 10.3. The molecule has 0 saturated carbocycles. The number of ether oxygens (including phenoxy) is 1. The van der Waals surface area contributed by atoms with Crippen molar-refractivity contribution in [3.05, 3.63) is 35.9 Å². The minimum atomic E-state index is -0.104. The number of thioether (sulfide) groups is 1. The van der Waals surface area contributed by atoms with Crippen LogP contribution >= 0.6 is 11.8 Å². The smallest absolute Gasteiger partial charge is 0.337 e. The number of aromatic nitrogens is 3. The van der Waals surface area contributed by atoms with Gasteiger partial charge in [0.2, 0.25) is 11.9 Å². The molecule has 1 aromatic carbocycles. The lowest BCUT2D eigenvalue weighted by Gasteiger charge is -2.02. The minimum absolute atomic E-state index is 0.104. The third kappa shape index (κ3) is 5.47. The molecule has 0 aliphatic heterocycles. The van der Waals surface area contributed by atoms with E-state index in [1.807, 2.05) is 25.1 Å². The molecule has 21 heavy (non-hydrogen) atoms. The molecule has 0 aliphatic carbocycles. The van der Waals surface area contributed by atoms with E-state index in [9.17, 15) is 4.79 Å². The fourth-order valence-electron chi connectivity index (χ4n) is 1.66. The zero-order valence-electron chi connectivity index (χ0n) is 11.8. The summed E-state index contributed by atoms with van der Waals surface area (Å²) in [5, 5.41) is 9.08. The Morgan fingerprint density at radius 3 is 2.95 bits per heavy atom. The first-order valence-electron chi connectivity index (χ1n) is 6.74. The number of aryl methyl sites for hydroxylation is 1. The van der Waals surface area contributed by atoms with E-state index in [2.05, 4.69) is 32.6 Å². The molecular formula is C14H18N4O2S. The number of carbonyl (C=O) groups excluding carboxylic acids is 1. The Kier molecular flexibility index (Phi) is 6.08. The molecule has 6 nitrogen and oxygen atoms in total. The Morgan fingerprint density at radius 2 is 2.19 bits per heavy atom. The number of hydrogen-bond donors (Lipinski definition) is 2. The number of aromatic amines is 1. The maximum absolute atomic E-state index is 11.7. The number of nitrogens with zero attached hydrogens (tertiary/aromatic N) is 2. The average molecular weight is 306 g/mol. The Balaban J connectivity index is 1.65. The van der Waals surface area contributed by atoms with Crippen molar-refractivity contribution in [1.29, 1.82) is 0 Å². The van der Waals surface area contributed by atoms with Gasteiger partial charge in [0.15, 0.2) is 0 Å². The number of anilines is 1. The van der Waals surface area contributed by atoms with Crippen molar-refractivity contribution in [1.82, 2.24) is 15.2 Å². The second kappa shape index (κ2) is 8.31. The van der Waals surface area contributed by atoms with Crippen LogP contribution in [-0.2, 0) is 11.2 Å². The van der Waals surface area contributed by atoms with Crippen LogP contribution in [-0.4, -0.2) is 39.2 Å². The van der Waals surface area contributed by atoms with Gasteiger partial charge >= 0.3 is 6.01 Å². The SMILES string of the molecule is CCOc1n[nH]c(NC(=O)CSCCc2ccccc2)n1. The van der Waals surface area contributed by atoms with Crippen LogP contribution < -0.4 is 10.1 Å². The molecule has 0 atom stereocenters. The normalized spacial score (nSPS) is 10.3. The number of hydrogen-bond acceptors (Lipinski definition) is 5. The van der Waals surface area contributed by atoms with Gasteiger partial charge in [-0.15, -0.1) is 5.10 Å². The van der Waals surface area contributed by atoms with Crippen LogP contribution in [0.5, 0.6) is 6.01 Å². The zero-order valence-corrected chi connectivity index (χ0v) is 12.7. The second-order valence-electron chi connectivity index (χ2n) is 4.24. The van der Waals surface area contributed by atoms with E-state index in [-0.39, 0.29) is 11.9 Å². The molecule has 0 radical (unpaired) electrons. The minimum Gasteiger partial charge on any atom is -0.463 e. The molecule has 0 aliphatic rings. The lowest BCUT2D eigenvalue weighted by Crippen LogP contribution is -2.15. The van der Waals surface area contributed by atoms with Crippen molar-refractivity contribution >= 4 is 23.6 Å². The highest BCUT2D eigenvalue weighted by molar-refractivity contribution is 7.99. The fourth-order valence-corrected chi connectivity index (χ4v) is 2.45. The summed E-state index contributed by atoms with van der Waals surface area (Å²) < 4.78 is 5.11. The maximum Gasteiger partial charge on any atom is 0.337 e. The van der Waals surface area contributed by atoms with E-state index in [0.717, 1.165) is 12.2 Å². The molecule has 1 aromatic heterocycles. The molecule has 7 heteroatoms. The van der Waals surface area contributed by atoms with Gasteiger partial charge in [-0.05, 0) is 24.7 Å². The Hall–Kier alpha value is -2.02. The highest BCUT2D eigenvalue weighted by Crippen LogP contribution is 2.09. The highest BCUT2D eigenvalue weighted by atomic mass is 32.2. The number of amides is 1. The van der Waals surface area contributed by atoms with Gasteiger partial charge in [-0.3, -0.25) is 10.1 Å². The average Bonchev–Trinajstić information content (AvgIpc) is 2.92. The van der Waals surface area contributed by atoms with Crippen LogP contribution in [0.3, 0.4) is 0 Å². The number of benzene rings is 1. The fraction of sp³-hybridized carbons (Fsp3) is 0.357. The van der Waals surface area contributed by atoms with Crippen LogP contribution in [0.15, 0.2) is 30.3 Å². The zero-order chi connectivity index (χ0) is 14.9. The van der Waals surface area contributed by atoms with Crippen LogP contribution in [0.4, 0.5) is 5.95 Å². The Labute approximate surface area is 127 Å². The van der Waals surface area contributed by atoms with Crippen LogP contribution in [0.1, 0.15) is 12.5 Å². The molecule has 0 saturated heterocycles. The van der Waals surface area contributed by atoms with Gasteiger partial charge in [0, 0.05) is 0 Å². The summed E-state index contributed by atoms with van der Waals surface area (Å²) >= 11 is 1.59. The first-order valence-corrected chi connectivity index (χ1v) is 7.90. The van der Waals surface area contributed by atoms with E-state index in [0.29, 0.717) is 18.3 Å².